The van der Waals surface area contributed by atoms with Gasteiger partial charge in [0.05, 0.1) is 5.69 Å². The van der Waals surface area contributed by atoms with Gasteiger partial charge in [-0.15, -0.1) is 0 Å². The Bertz CT molecular complexity index is 364. The lowest BCUT2D eigenvalue weighted by Crippen LogP contribution is -2.32. The zero-order valence-corrected chi connectivity index (χ0v) is 12.4. The summed E-state index contributed by atoms with van der Waals surface area (Å²) in [4.78, 5) is 14.2. The molecular weight excluding hydrogens is 240 g/mol. The number of aromatic nitrogens is 1. The van der Waals surface area contributed by atoms with Gasteiger partial charge >= 0.3 is 0 Å². The first-order chi connectivity index (χ1) is 9.19. The Morgan fingerprint density at radius 1 is 1.16 bits per heavy atom. The molecular formula is C15H26N2O2. The van der Waals surface area contributed by atoms with Crippen molar-refractivity contribution < 1.29 is 9.32 Å². The van der Waals surface area contributed by atoms with Gasteiger partial charge in [0.15, 0.2) is 0 Å². The van der Waals surface area contributed by atoms with Crippen LogP contribution in [0.1, 0.15) is 68.6 Å². The van der Waals surface area contributed by atoms with Gasteiger partial charge in [-0.2, -0.15) is 0 Å². The lowest BCUT2D eigenvalue weighted by molar-refractivity contribution is 0.0707. The van der Waals surface area contributed by atoms with Gasteiger partial charge in [-0.3, -0.25) is 4.79 Å². The summed E-state index contributed by atoms with van der Waals surface area (Å²) in [7, 11) is 0. The van der Waals surface area contributed by atoms with E-state index in [-0.39, 0.29) is 5.91 Å². The SMILES string of the molecule is CCCCCN(CCCCC)C(=O)c1cc(C)no1. The third-order valence-corrected chi connectivity index (χ3v) is 3.19. The quantitative estimate of drug-likeness (QED) is 0.638. The Kier molecular flexibility index (Phi) is 7.23. The van der Waals surface area contributed by atoms with E-state index in [4.69, 9.17) is 4.52 Å². The summed E-state index contributed by atoms with van der Waals surface area (Å²) in [5, 5.41) is 3.79. The van der Waals surface area contributed by atoms with Crippen molar-refractivity contribution in [3.05, 3.63) is 17.5 Å². The summed E-state index contributed by atoms with van der Waals surface area (Å²) in [5.41, 5.74) is 0.755. The fraction of sp³-hybridized carbons (Fsp3) is 0.733. The van der Waals surface area contributed by atoms with Gasteiger partial charge in [-0.1, -0.05) is 44.7 Å². The Morgan fingerprint density at radius 3 is 2.16 bits per heavy atom. The molecule has 4 nitrogen and oxygen atoms in total. The van der Waals surface area contributed by atoms with Crippen molar-refractivity contribution in [2.24, 2.45) is 0 Å². The molecule has 19 heavy (non-hydrogen) atoms. The van der Waals surface area contributed by atoms with E-state index in [1.807, 2.05) is 11.8 Å². The number of nitrogens with zero attached hydrogens (tertiary/aromatic N) is 2. The molecule has 0 spiro atoms. The molecule has 4 heteroatoms. The maximum Gasteiger partial charge on any atom is 0.292 e. The highest BCUT2D eigenvalue weighted by molar-refractivity contribution is 5.91. The lowest BCUT2D eigenvalue weighted by Gasteiger charge is -2.21. The van der Waals surface area contributed by atoms with Crippen molar-refractivity contribution in [2.75, 3.05) is 13.1 Å². The predicted molar refractivity (Wildman–Crippen MR) is 76.2 cm³/mol. The monoisotopic (exact) mass is 266 g/mol. The van der Waals surface area contributed by atoms with Crippen molar-refractivity contribution >= 4 is 5.91 Å². The molecule has 0 aliphatic carbocycles. The highest BCUT2D eigenvalue weighted by atomic mass is 16.5. The first kappa shape index (κ1) is 15.7. The van der Waals surface area contributed by atoms with Gasteiger partial charge in [0, 0.05) is 19.2 Å². The van der Waals surface area contributed by atoms with Crippen LogP contribution in [0.5, 0.6) is 0 Å². The first-order valence-electron chi connectivity index (χ1n) is 7.41. The topological polar surface area (TPSA) is 46.3 Å². The van der Waals surface area contributed by atoms with Gasteiger partial charge in [-0.05, 0) is 19.8 Å². The van der Waals surface area contributed by atoms with Crippen LogP contribution >= 0.6 is 0 Å². The van der Waals surface area contributed by atoms with Crippen molar-refractivity contribution in [2.45, 2.75) is 59.3 Å². The zero-order valence-electron chi connectivity index (χ0n) is 12.4. The number of aryl methyl sites for hydroxylation is 1. The van der Waals surface area contributed by atoms with E-state index in [1.54, 1.807) is 6.07 Å². The third kappa shape index (κ3) is 5.45. The van der Waals surface area contributed by atoms with Gasteiger partial charge < -0.3 is 9.42 Å². The van der Waals surface area contributed by atoms with Crippen LogP contribution in [0.2, 0.25) is 0 Å². The number of rotatable bonds is 9. The van der Waals surface area contributed by atoms with Crippen LogP contribution < -0.4 is 0 Å². The highest BCUT2D eigenvalue weighted by Crippen LogP contribution is 2.10. The summed E-state index contributed by atoms with van der Waals surface area (Å²) < 4.78 is 5.08. The molecule has 108 valence electrons. The van der Waals surface area contributed by atoms with Crippen LogP contribution in [0, 0.1) is 6.92 Å². The maximum absolute atomic E-state index is 12.3. The minimum atomic E-state index is -0.0205. The number of hydrogen-bond acceptors (Lipinski definition) is 3. The Hall–Kier alpha value is -1.32. The summed E-state index contributed by atoms with van der Waals surface area (Å²) in [6.45, 7) is 7.80. The third-order valence-electron chi connectivity index (χ3n) is 3.19. The molecule has 0 aromatic carbocycles. The largest absolute Gasteiger partial charge is 0.351 e. The van der Waals surface area contributed by atoms with Crippen LogP contribution in [0.4, 0.5) is 0 Å². The number of carbonyl (C=O) groups is 1. The van der Waals surface area contributed by atoms with Gasteiger partial charge in [0.1, 0.15) is 0 Å². The van der Waals surface area contributed by atoms with Crippen molar-refractivity contribution in [3.63, 3.8) is 0 Å². The standard InChI is InChI=1S/C15H26N2O2/c1-4-6-8-10-17(11-9-7-5-2)15(18)14-12-13(3)16-19-14/h12H,4-11H2,1-3H3. The van der Waals surface area contributed by atoms with E-state index in [0.717, 1.165) is 44.5 Å². The highest BCUT2D eigenvalue weighted by Gasteiger charge is 2.19. The number of unbranched alkanes of at least 4 members (excludes halogenated alkanes) is 4. The van der Waals surface area contributed by atoms with E-state index in [2.05, 4.69) is 19.0 Å². The summed E-state index contributed by atoms with van der Waals surface area (Å²) in [6.07, 6.45) is 6.76. The zero-order chi connectivity index (χ0) is 14.1. The molecule has 0 saturated carbocycles. The summed E-state index contributed by atoms with van der Waals surface area (Å²) in [5.74, 6) is 0.346. The molecule has 0 aliphatic rings. The van der Waals surface area contributed by atoms with E-state index < -0.39 is 0 Å². The van der Waals surface area contributed by atoms with E-state index in [1.165, 1.54) is 12.8 Å². The number of amides is 1. The van der Waals surface area contributed by atoms with Crippen LogP contribution in [-0.4, -0.2) is 29.1 Å². The molecule has 0 N–H and O–H groups in total. The van der Waals surface area contributed by atoms with Crippen LogP contribution in [0.3, 0.4) is 0 Å². The Labute approximate surface area is 116 Å². The van der Waals surface area contributed by atoms with Gasteiger partial charge in [0.2, 0.25) is 5.76 Å². The average Bonchev–Trinajstić information content (AvgIpc) is 2.83. The predicted octanol–water partition coefficient (Wildman–Crippen LogP) is 3.81. The minimum Gasteiger partial charge on any atom is -0.351 e. The van der Waals surface area contributed by atoms with Gasteiger partial charge in [0.25, 0.3) is 5.91 Å². The maximum atomic E-state index is 12.3. The Morgan fingerprint density at radius 2 is 1.74 bits per heavy atom. The molecule has 0 aliphatic heterocycles. The second-order valence-corrected chi connectivity index (χ2v) is 5.04. The normalized spacial score (nSPS) is 10.7. The van der Waals surface area contributed by atoms with Crippen LogP contribution in [0.25, 0.3) is 0 Å². The second kappa shape index (κ2) is 8.73. The van der Waals surface area contributed by atoms with Crippen LogP contribution in [0.15, 0.2) is 10.6 Å². The molecule has 1 rings (SSSR count). The van der Waals surface area contributed by atoms with Crippen molar-refractivity contribution in [3.8, 4) is 0 Å². The Balaban J connectivity index is 2.57. The summed E-state index contributed by atoms with van der Waals surface area (Å²) in [6, 6.07) is 1.72. The molecule has 1 amide bonds. The smallest absolute Gasteiger partial charge is 0.292 e. The molecule has 1 aromatic rings. The molecule has 1 heterocycles. The van der Waals surface area contributed by atoms with Gasteiger partial charge in [-0.25, -0.2) is 0 Å². The molecule has 0 radical (unpaired) electrons. The van der Waals surface area contributed by atoms with Crippen molar-refractivity contribution in [1.29, 1.82) is 0 Å². The lowest BCUT2D eigenvalue weighted by atomic mass is 10.2. The van der Waals surface area contributed by atoms with E-state index in [9.17, 15) is 4.79 Å². The second-order valence-electron chi connectivity index (χ2n) is 5.04. The number of hydrogen-bond donors (Lipinski definition) is 0. The van der Waals surface area contributed by atoms with Crippen LogP contribution in [-0.2, 0) is 0 Å². The van der Waals surface area contributed by atoms with E-state index >= 15 is 0 Å². The summed E-state index contributed by atoms with van der Waals surface area (Å²) >= 11 is 0. The fourth-order valence-corrected chi connectivity index (χ4v) is 2.04. The van der Waals surface area contributed by atoms with Crippen molar-refractivity contribution in [1.82, 2.24) is 10.1 Å². The average molecular weight is 266 g/mol. The molecule has 0 bridgehead atoms. The molecule has 0 unspecified atom stereocenters. The molecule has 0 fully saturated rings. The minimum absolute atomic E-state index is 0.0205. The fourth-order valence-electron chi connectivity index (χ4n) is 2.04. The molecule has 0 saturated heterocycles. The number of carbonyl (C=O) groups excluding carboxylic acids is 1. The molecule has 1 aromatic heterocycles. The first-order valence-corrected chi connectivity index (χ1v) is 7.41. The van der Waals surface area contributed by atoms with E-state index in [0.29, 0.717) is 5.76 Å². The molecule has 0 atom stereocenters.